The van der Waals surface area contributed by atoms with Crippen molar-refractivity contribution in [2.24, 2.45) is 0 Å². The second-order valence-corrected chi connectivity index (χ2v) is 6.03. The van der Waals surface area contributed by atoms with Gasteiger partial charge in [0.2, 0.25) is 0 Å². The van der Waals surface area contributed by atoms with Gasteiger partial charge in [0, 0.05) is 32.3 Å². The van der Waals surface area contributed by atoms with Crippen molar-refractivity contribution in [1.82, 2.24) is 10.2 Å². The van der Waals surface area contributed by atoms with Crippen LogP contribution < -0.4 is 5.32 Å². The molecule has 1 saturated carbocycles. The highest BCUT2D eigenvalue weighted by atomic mass is 16.5. The van der Waals surface area contributed by atoms with Gasteiger partial charge in [-0.1, -0.05) is 6.92 Å². The summed E-state index contributed by atoms with van der Waals surface area (Å²) in [7, 11) is 1.77. The number of ether oxygens (including phenoxy) is 2. The Kier molecular flexibility index (Phi) is 6.07. The Balaban J connectivity index is 1.66. The van der Waals surface area contributed by atoms with E-state index in [1.54, 1.807) is 7.11 Å². The molecular formula is C15H30N2O2. The Bertz CT molecular complexity index is 259. The van der Waals surface area contributed by atoms with E-state index in [-0.39, 0.29) is 0 Å². The van der Waals surface area contributed by atoms with E-state index in [9.17, 15) is 0 Å². The van der Waals surface area contributed by atoms with Gasteiger partial charge in [0.1, 0.15) is 0 Å². The van der Waals surface area contributed by atoms with Crippen LogP contribution in [0, 0.1) is 0 Å². The second-order valence-electron chi connectivity index (χ2n) is 6.03. The summed E-state index contributed by atoms with van der Waals surface area (Å²) >= 11 is 0. The van der Waals surface area contributed by atoms with E-state index in [4.69, 9.17) is 9.47 Å². The molecule has 19 heavy (non-hydrogen) atoms. The zero-order valence-corrected chi connectivity index (χ0v) is 12.7. The van der Waals surface area contributed by atoms with Gasteiger partial charge >= 0.3 is 0 Å². The van der Waals surface area contributed by atoms with E-state index in [1.807, 2.05) is 0 Å². The minimum atomic E-state index is 0.408. The topological polar surface area (TPSA) is 33.7 Å². The van der Waals surface area contributed by atoms with Crippen LogP contribution in [0.1, 0.15) is 39.5 Å². The Morgan fingerprint density at radius 2 is 2.00 bits per heavy atom. The lowest BCUT2D eigenvalue weighted by Crippen LogP contribution is -2.41. The van der Waals surface area contributed by atoms with Crippen LogP contribution in [0.2, 0.25) is 0 Å². The molecule has 1 aliphatic heterocycles. The summed E-state index contributed by atoms with van der Waals surface area (Å²) in [5.74, 6) is 0. The lowest BCUT2D eigenvalue weighted by Gasteiger charge is -2.29. The quantitative estimate of drug-likeness (QED) is 0.691. The molecule has 2 rings (SSSR count). The van der Waals surface area contributed by atoms with Crippen molar-refractivity contribution in [1.29, 1.82) is 0 Å². The van der Waals surface area contributed by atoms with Crippen molar-refractivity contribution in [2.45, 2.75) is 63.8 Å². The predicted octanol–water partition coefficient (Wildman–Crippen LogP) is 1.64. The van der Waals surface area contributed by atoms with Crippen molar-refractivity contribution < 1.29 is 9.47 Å². The fourth-order valence-electron chi connectivity index (χ4n) is 2.88. The number of likely N-dealkylation sites (N-methyl/N-ethyl adjacent to an activating group) is 1. The molecule has 4 heteroatoms. The first-order chi connectivity index (χ1) is 9.22. The van der Waals surface area contributed by atoms with E-state index in [0.29, 0.717) is 18.2 Å². The highest BCUT2D eigenvalue weighted by Gasteiger charge is 2.29. The standard InChI is InChI=1S/C15H30N2O2/c1-4-17(12(2)11-18-3)10-15-8-7-14(19-15)9-16-13-5-6-13/h12-16H,4-11H2,1-3H3. The molecule has 1 saturated heterocycles. The Morgan fingerprint density at radius 3 is 2.63 bits per heavy atom. The van der Waals surface area contributed by atoms with Gasteiger partial charge in [-0.15, -0.1) is 0 Å². The van der Waals surface area contributed by atoms with Crippen molar-refractivity contribution in [2.75, 3.05) is 33.4 Å². The van der Waals surface area contributed by atoms with E-state index in [1.165, 1.54) is 25.7 Å². The summed E-state index contributed by atoms with van der Waals surface area (Å²) in [6.45, 7) is 8.39. The lowest BCUT2D eigenvalue weighted by atomic mass is 10.1. The van der Waals surface area contributed by atoms with Gasteiger partial charge in [0.05, 0.1) is 18.8 Å². The summed E-state index contributed by atoms with van der Waals surface area (Å²) in [6, 6.07) is 1.26. The minimum Gasteiger partial charge on any atom is -0.383 e. The third-order valence-corrected chi connectivity index (χ3v) is 4.28. The molecule has 1 aliphatic carbocycles. The van der Waals surface area contributed by atoms with E-state index in [2.05, 4.69) is 24.1 Å². The zero-order chi connectivity index (χ0) is 13.7. The molecular weight excluding hydrogens is 240 g/mol. The fraction of sp³-hybridized carbons (Fsp3) is 1.00. The molecule has 0 amide bonds. The van der Waals surface area contributed by atoms with Crippen LogP contribution in [0.5, 0.6) is 0 Å². The molecule has 0 aromatic carbocycles. The number of hydrogen-bond acceptors (Lipinski definition) is 4. The summed E-state index contributed by atoms with van der Waals surface area (Å²) in [6.07, 6.45) is 5.96. The third-order valence-electron chi connectivity index (χ3n) is 4.28. The third kappa shape index (κ3) is 5.03. The van der Waals surface area contributed by atoms with Gasteiger partial charge in [-0.3, -0.25) is 4.90 Å². The number of nitrogens with zero attached hydrogens (tertiary/aromatic N) is 1. The van der Waals surface area contributed by atoms with Gasteiger partial charge in [0.15, 0.2) is 0 Å². The van der Waals surface area contributed by atoms with Crippen LogP contribution in [-0.4, -0.2) is 62.5 Å². The maximum atomic E-state index is 6.16. The van der Waals surface area contributed by atoms with Gasteiger partial charge in [-0.25, -0.2) is 0 Å². The molecule has 3 atom stereocenters. The average Bonchev–Trinajstić information content (AvgIpc) is 3.13. The maximum absolute atomic E-state index is 6.16. The molecule has 0 radical (unpaired) electrons. The van der Waals surface area contributed by atoms with Crippen LogP contribution >= 0.6 is 0 Å². The Morgan fingerprint density at radius 1 is 1.26 bits per heavy atom. The first kappa shape index (κ1) is 15.2. The van der Waals surface area contributed by atoms with Crippen LogP contribution in [0.4, 0.5) is 0 Å². The predicted molar refractivity (Wildman–Crippen MR) is 77.5 cm³/mol. The Labute approximate surface area is 117 Å². The van der Waals surface area contributed by atoms with Crippen LogP contribution in [0.3, 0.4) is 0 Å². The van der Waals surface area contributed by atoms with Crippen LogP contribution in [-0.2, 0) is 9.47 Å². The maximum Gasteiger partial charge on any atom is 0.0707 e. The summed E-state index contributed by atoms with van der Waals surface area (Å²) in [4.78, 5) is 2.46. The molecule has 0 aromatic heterocycles. The molecule has 4 nitrogen and oxygen atoms in total. The molecule has 0 aromatic rings. The zero-order valence-electron chi connectivity index (χ0n) is 12.7. The summed E-state index contributed by atoms with van der Waals surface area (Å²) in [5, 5.41) is 3.57. The molecule has 3 unspecified atom stereocenters. The molecule has 2 fully saturated rings. The van der Waals surface area contributed by atoms with Crippen LogP contribution in [0.25, 0.3) is 0 Å². The molecule has 1 heterocycles. The SMILES string of the molecule is CCN(CC1CCC(CNC2CC2)O1)C(C)COC. The largest absolute Gasteiger partial charge is 0.383 e. The molecule has 0 bridgehead atoms. The van der Waals surface area contributed by atoms with Gasteiger partial charge in [-0.05, 0) is 39.2 Å². The highest BCUT2D eigenvalue weighted by molar-refractivity contribution is 4.85. The minimum absolute atomic E-state index is 0.408. The monoisotopic (exact) mass is 270 g/mol. The number of hydrogen-bond donors (Lipinski definition) is 1. The van der Waals surface area contributed by atoms with E-state index in [0.717, 1.165) is 32.3 Å². The average molecular weight is 270 g/mol. The van der Waals surface area contributed by atoms with E-state index >= 15 is 0 Å². The normalized spacial score (nSPS) is 29.1. The fourth-order valence-corrected chi connectivity index (χ4v) is 2.88. The summed E-state index contributed by atoms with van der Waals surface area (Å²) < 4.78 is 11.4. The number of nitrogens with one attached hydrogen (secondary N) is 1. The van der Waals surface area contributed by atoms with E-state index < -0.39 is 0 Å². The van der Waals surface area contributed by atoms with Gasteiger partial charge in [-0.2, -0.15) is 0 Å². The molecule has 2 aliphatic rings. The highest BCUT2D eigenvalue weighted by Crippen LogP contribution is 2.23. The first-order valence-corrected chi connectivity index (χ1v) is 7.84. The number of rotatable bonds is 9. The first-order valence-electron chi connectivity index (χ1n) is 7.84. The Hall–Kier alpha value is -0.160. The van der Waals surface area contributed by atoms with Crippen molar-refractivity contribution >= 4 is 0 Å². The summed E-state index contributed by atoms with van der Waals surface area (Å²) in [5.41, 5.74) is 0. The van der Waals surface area contributed by atoms with Gasteiger partial charge in [0.25, 0.3) is 0 Å². The van der Waals surface area contributed by atoms with Crippen LogP contribution in [0.15, 0.2) is 0 Å². The van der Waals surface area contributed by atoms with Gasteiger partial charge < -0.3 is 14.8 Å². The lowest BCUT2D eigenvalue weighted by molar-refractivity contribution is 0.00754. The molecule has 1 N–H and O–H groups in total. The number of methoxy groups -OCH3 is 1. The molecule has 112 valence electrons. The second kappa shape index (κ2) is 7.58. The van der Waals surface area contributed by atoms with Crippen molar-refractivity contribution in [3.8, 4) is 0 Å². The smallest absolute Gasteiger partial charge is 0.0707 e. The molecule has 0 spiro atoms. The van der Waals surface area contributed by atoms with Crippen molar-refractivity contribution in [3.63, 3.8) is 0 Å². The van der Waals surface area contributed by atoms with Crippen molar-refractivity contribution in [3.05, 3.63) is 0 Å².